The summed E-state index contributed by atoms with van der Waals surface area (Å²) < 4.78 is 23.0. The first kappa shape index (κ1) is 29.7. The van der Waals surface area contributed by atoms with Crippen LogP contribution in [-0.2, 0) is 0 Å². The van der Waals surface area contributed by atoms with Crippen LogP contribution in [0.5, 0.6) is 23.0 Å². The highest BCUT2D eigenvalue weighted by atomic mass is 16.5. The highest BCUT2D eigenvalue weighted by Crippen LogP contribution is 2.40. The van der Waals surface area contributed by atoms with Crippen LogP contribution in [0, 0.1) is 6.92 Å². The third kappa shape index (κ3) is 6.51. The van der Waals surface area contributed by atoms with Crippen molar-refractivity contribution in [2.45, 2.75) is 45.6 Å². The Kier molecular flexibility index (Phi) is 8.99. The molecule has 224 valence electrons. The molecule has 3 aromatic carbocycles. The monoisotopic (exact) mass is 583 g/mol. The second-order valence-electron chi connectivity index (χ2n) is 10.7. The molecule has 0 bridgehead atoms. The molecule has 0 saturated heterocycles. The molecule has 9 heteroatoms. The van der Waals surface area contributed by atoms with Gasteiger partial charge in [0.25, 0.3) is 5.91 Å². The number of carbonyl (C=O) groups is 2. The maximum absolute atomic E-state index is 13.6. The minimum atomic E-state index is -0.176. The van der Waals surface area contributed by atoms with Gasteiger partial charge in [0.1, 0.15) is 0 Å². The summed E-state index contributed by atoms with van der Waals surface area (Å²) in [6.07, 6.45) is 6.88. The van der Waals surface area contributed by atoms with Gasteiger partial charge in [-0.15, -0.1) is 0 Å². The maximum Gasteiger partial charge on any atom is 0.260 e. The summed E-state index contributed by atoms with van der Waals surface area (Å²) in [6.45, 7) is 4.41. The first-order chi connectivity index (χ1) is 20.8. The molecule has 0 aliphatic carbocycles. The molecule has 2 N–H and O–H groups in total. The van der Waals surface area contributed by atoms with Gasteiger partial charge < -0.3 is 29.6 Å². The topological polar surface area (TPSA) is 113 Å². The lowest BCUT2D eigenvalue weighted by atomic mass is 10.0. The Labute approximate surface area is 251 Å². The normalized spacial score (nSPS) is 15.3. The SMILES string of the molecule is COc1cc(C(C)=O)c(C)cc1OCCCCCOc1cc2c(cc1OC)C(=O)N1C=C(c3cccc(N)c3)CC1C=N2. The zero-order valence-electron chi connectivity index (χ0n) is 25.0. The van der Waals surface area contributed by atoms with E-state index in [4.69, 9.17) is 24.7 Å². The van der Waals surface area contributed by atoms with Crippen LogP contribution in [0.2, 0.25) is 0 Å². The number of ether oxygens (including phenoxy) is 4. The van der Waals surface area contributed by atoms with Gasteiger partial charge in [0.05, 0.1) is 44.7 Å². The Morgan fingerprint density at radius 1 is 0.953 bits per heavy atom. The van der Waals surface area contributed by atoms with E-state index < -0.39 is 0 Å². The Morgan fingerprint density at radius 3 is 2.33 bits per heavy atom. The van der Waals surface area contributed by atoms with Gasteiger partial charge >= 0.3 is 0 Å². The van der Waals surface area contributed by atoms with E-state index in [1.807, 2.05) is 49.7 Å². The molecular formula is C34H37N3O6. The number of anilines is 1. The van der Waals surface area contributed by atoms with Crippen LogP contribution in [0.25, 0.3) is 5.57 Å². The van der Waals surface area contributed by atoms with Crippen LogP contribution in [0.3, 0.4) is 0 Å². The van der Waals surface area contributed by atoms with Crippen molar-refractivity contribution in [3.8, 4) is 23.0 Å². The minimum absolute atomic E-state index is 0.00640. The standard InChI is InChI=1S/C34H37N3O6/c1-21-13-32(30(40-3)16-27(21)22(2)38)42-11-6-5-7-12-43-33-18-29-28(17-31(33)41-4)34(39)37-20-24(15-26(37)19-36-29)23-9-8-10-25(35)14-23/h8-10,13-14,16-20,26H,5-7,11-12,15,35H2,1-4H3. The lowest BCUT2D eigenvalue weighted by molar-refractivity contribution is 0.0817. The van der Waals surface area contributed by atoms with E-state index in [-0.39, 0.29) is 17.7 Å². The van der Waals surface area contributed by atoms with Gasteiger partial charge in [0.15, 0.2) is 28.8 Å². The number of Topliss-reactive ketones (excluding diaryl/α,β-unsaturated/α-hetero) is 1. The van der Waals surface area contributed by atoms with E-state index in [9.17, 15) is 9.59 Å². The number of ketones is 1. The summed E-state index contributed by atoms with van der Waals surface area (Å²) >= 11 is 0. The molecule has 5 rings (SSSR count). The molecule has 3 aromatic rings. The number of benzene rings is 3. The van der Waals surface area contributed by atoms with Gasteiger partial charge in [0, 0.05) is 36.2 Å². The number of unbranched alkanes of at least 4 members (excludes halogenated alkanes) is 2. The number of methoxy groups -OCH3 is 2. The first-order valence-corrected chi connectivity index (χ1v) is 14.4. The van der Waals surface area contributed by atoms with E-state index in [0.29, 0.717) is 65.1 Å². The van der Waals surface area contributed by atoms with Gasteiger partial charge in [-0.3, -0.25) is 14.6 Å². The molecular weight excluding hydrogens is 546 g/mol. The third-order valence-corrected chi connectivity index (χ3v) is 7.67. The van der Waals surface area contributed by atoms with Gasteiger partial charge in [-0.25, -0.2) is 0 Å². The maximum atomic E-state index is 13.6. The predicted octanol–water partition coefficient (Wildman–Crippen LogP) is 6.40. The van der Waals surface area contributed by atoms with E-state index in [1.54, 1.807) is 37.3 Å². The largest absolute Gasteiger partial charge is 0.493 e. The molecule has 2 heterocycles. The number of amides is 1. The Hall–Kier alpha value is -4.79. The van der Waals surface area contributed by atoms with Crippen LogP contribution >= 0.6 is 0 Å². The van der Waals surface area contributed by atoms with Crippen molar-refractivity contribution in [3.63, 3.8) is 0 Å². The van der Waals surface area contributed by atoms with E-state index >= 15 is 0 Å². The second kappa shape index (κ2) is 13.0. The summed E-state index contributed by atoms with van der Waals surface area (Å²) in [4.78, 5) is 31.8. The number of nitrogens with zero attached hydrogens (tertiary/aromatic N) is 2. The van der Waals surface area contributed by atoms with Crippen molar-refractivity contribution in [1.82, 2.24) is 4.90 Å². The average Bonchev–Trinajstić information content (AvgIpc) is 3.38. The molecule has 43 heavy (non-hydrogen) atoms. The molecule has 2 aliphatic rings. The fourth-order valence-electron chi connectivity index (χ4n) is 5.37. The highest BCUT2D eigenvalue weighted by Gasteiger charge is 2.33. The lowest BCUT2D eigenvalue weighted by Gasteiger charge is -2.19. The van der Waals surface area contributed by atoms with Gasteiger partial charge in [-0.2, -0.15) is 0 Å². The molecule has 9 nitrogen and oxygen atoms in total. The van der Waals surface area contributed by atoms with Crippen molar-refractivity contribution < 1.29 is 28.5 Å². The van der Waals surface area contributed by atoms with E-state index in [1.165, 1.54) is 6.92 Å². The van der Waals surface area contributed by atoms with E-state index in [2.05, 4.69) is 4.99 Å². The second-order valence-corrected chi connectivity index (χ2v) is 10.7. The zero-order chi connectivity index (χ0) is 30.5. The molecule has 1 amide bonds. The molecule has 0 radical (unpaired) electrons. The molecule has 1 unspecified atom stereocenters. The number of hydrogen-bond donors (Lipinski definition) is 1. The number of nitrogens with two attached hydrogens (primary N) is 1. The number of carbonyl (C=O) groups excluding carboxylic acids is 2. The fourth-order valence-corrected chi connectivity index (χ4v) is 5.37. The van der Waals surface area contributed by atoms with Crippen molar-refractivity contribution in [2.75, 3.05) is 33.2 Å². The highest BCUT2D eigenvalue weighted by molar-refractivity contribution is 6.05. The number of nitrogen functional groups attached to an aromatic ring is 1. The lowest BCUT2D eigenvalue weighted by Crippen LogP contribution is -2.32. The number of rotatable bonds is 12. The average molecular weight is 584 g/mol. The van der Waals surface area contributed by atoms with Crippen LogP contribution in [0.15, 0.2) is 59.7 Å². The zero-order valence-corrected chi connectivity index (χ0v) is 25.0. The summed E-state index contributed by atoms with van der Waals surface area (Å²) in [5, 5.41) is 0. The molecule has 0 spiro atoms. The summed E-state index contributed by atoms with van der Waals surface area (Å²) in [5.41, 5.74) is 11.2. The van der Waals surface area contributed by atoms with Gasteiger partial charge in [0.2, 0.25) is 0 Å². The first-order valence-electron chi connectivity index (χ1n) is 14.4. The number of hydrogen-bond acceptors (Lipinski definition) is 8. The Bertz CT molecular complexity index is 1600. The molecule has 2 aliphatic heterocycles. The predicted molar refractivity (Wildman–Crippen MR) is 167 cm³/mol. The van der Waals surface area contributed by atoms with Crippen LogP contribution in [-0.4, -0.2) is 56.3 Å². The smallest absolute Gasteiger partial charge is 0.260 e. The van der Waals surface area contributed by atoms with Gasteiger partial charge in [-0.05, 0) is 80.1 Å². The summed E-state index contributed by atoms with van der Waals surface area (Å²) in [5.74, 6) is 2.07. The number of aryl methyl sites for hydroxylation is 1. The van der Waals surface area contributed by atoms with Crippen molar-refractivity contribution in [3.05, 3.63) is 77.0 Å². The number of fused-ring (bicyclic) bond motifs is 2. The Morgan fingerprint density at radius 2 is 1.65 bits per heavy atom. The number of aliphatic imine (C=N–C) groups is 1. The summed E-state index contributed by atoms with van der Waals surface area (Å²) in [7, 11) is 3.13. The Balaban J connectivity index is 1.16. The van der Waals surface area contributed by atoms with Crippen molar-refractivity contribution in [1.29, 1.82) is 0 Å². The molecule has 0 saturated carbocycles. The molecule has 0 aromatic heterocycles. The van der Waals surface area contributed by atoms with Crippen LogP contribution in [0.4, 0.5) is 11.4 Å². The van der Waals surface area contributed by atoms with Crippen molar-refractivity contribution in [2.24, 2.45) is 4.99 Å². The van der Waals surface area contributed by atoms with E-state index in [0.717, 1.165) is 36.0 Å². The van der Waals surface area contributed by atoms with Crippen LogP contribution in [0.1, 0.15) is 64.4 Å². The fraction of sp³-hybridized carbons (Fsp3) is 0.324. The third-order valence-electron chi connectivity index (χ3n) is 7.67. The summed E-state index contributed by atoms with van der Waals surface area (Å²) in [6, 6.07) is 14.5. The van der Waals surface area contributed by atoms with Gasteiger partial charge in [-0.1, -0.05) is 12.1 Å². The molecule has 1 atom stereocenters. The molecule has 0 fully saturated rings. The van der Waals surface area contributed by atoms with Crippen LogP contribution < -0.4 is 24.7 Å². The van der Waals surface area contributed by atoms with Crippen molar-refractivity contribution >= 4 is 34.9 Å². The minimum Gasteiger partial charge on any atom is -0.493 e. The quantitative estimate of drug-likeness (QED) is 0.149.